The SMILES string of the molecule is C[C@H](NC(=O)C(C)(C)C)C1CC1. The molecule has 70 valence electrons. The van der Waals surface area contributed by atoms with E-state index in [1.807, 2.05) is 20.8 Å². The van der Waals surface area contributed by atoms with Crippen molar-refractivity contribution in [2.24, 2.45) is 11.3 Å². The van der Waals surface area contributed by atoms with E-state index in [0.29, 0.717) is 6.04 Å². The van der Waals surface area contributed by atoms with Crippen LogP contribution in [0.2, 0.25) is 0 Å². The first-order chi connectivity index (χ1) is 5.41. The normalized spacial score (nSPS) is 20.3. The van der Waals surface area contributed by atoms with E-state index in [0.717, 1.165) is 5.92 Å². The molecular formula is C10H19NO. The van der Waals surface area contributed by atoms with Crippen LogP contribution in [0.5, 0.6) is 0 Å². The van der Waals surface area contributed by atoms with E-state index < -0.39 is 0 Å². The Balaban J connectivity index is 2.34. The van der Waals surface area contributed by atoms with E-state index in [1.165, 1.54) is 12.8 Å². The maximum Gasteiger partial charge on any atom is 0.225 e. The van der Waals surface area contributed by atoms with Gasteiger partial charge in [0.05, 0.1) is 0 Å². The second-order valence-electron chi connectivity index (χ2n) is 4.85. The molecule has 0 aliphatic heterocycles. The van der Waals surface area contributed by atoms with Crippen LogP contribution in [0, 0.1) is 11.3 Å². The number of nitrogens with one attached hydrogen (secondary N) is 1. The van der Waals surface area contributed by atoms with Crippen LogP contribution in [0.15, 0.2) is 0 Å². The van der Waals surface area contributed by atoms with Crippen LogP contribution in [-0.2, 0) is 4.79 Å². The van der Waals surface area contributed by atoms with Gasteiger partial charge in [-0.3, -0.25) is 4.79 Å². The molecule has 0 aromatic heterocycles. The molecule has 0 aromatic carbocycles. The lowest BCUT2D eigenvalue weighted by atomic mass is 9.95. The van der Waals surface area contributed by atoms with E-state index in [4.69, 9.17) is 0 Å². The van der Waals surface area contributed by atoms with Gasteiger partial charge in [-0.05, 0) is 25.7 Å². The minimum absolute atomic E-state index is 0.168. The Morgan fingerprint density at radius 3 is 2.25 bits per heavy atom. The van der Waals surface area contributed by atoms with Gasteiger partial charge in [-0.25, -0.2) is 0 Å². The Kier molecular flexibility index (Phi) is 2.45. The molecule has 0 heterocycles. The lowest BCUT2D eigenvalue weighted by Crippen LogP contribution is -2.41. The smallest absolute Gasteiger partial charge is 0.225 e. The maximum atomic E-state index is 11.5. The zero-order chi connectivity index (χ0) is 9.35. The Morgan fingerprint density at radius 2 is 1.92 bits per heavy atom. The van der Waals surface area contributed by atoms with Crippen LogP contribution in [0.3, 0.4) is 0 Å². The summed E-state index contributed by atoms with van der Waals surface area (Å²) in [5, 5.41) is 3.04. The second kappa shape index (κ2) is 3.08. The third-order valence-electron chi connectivity index (χ3n) is 2.37. The first-order valence-corrected chi connectivity index (χ1v) is 4.72. The molecule has 1 amide bonds. The molecule has 0 radical (unpaired) electrons. The summed E-state index contributed by atoms with van der Waals surface area (Å²) in [6.07, 6.45) is 2.57. The minimum Gasteiger partial charge on any atom is -0.353 e. The van der Waals surface area contributed by atoms with Gasteiger partial charge in [0.1, 0.15) is 0 Å². The molecule has 1 aliphatic rings. The summed E-state index contributed by atoms with van der Waals surface area (Å²) in [4.78, 5) is 11.5. The Morgan fingerprint density at radius 1 is 1.42 bits per heavy atom. The zero-order valence-electron chi connectivity index (χ0n) is 8.48. The van der Waals surface area contributed by atoms with Gasteiger partial charge in [-0.1, -0.05) is 20.8 Å². The van der Waals surface area contributed by atoms with E-state index in [-0.39, 0.29) is 11.3 Å². The average Bonchev–Trinajstić information content (AvgIpc) is 2.65. The van der Waals surface area contributed by atoms with Gasteiger partial charge < -0.3 is 5.32 Å². The number of hydrogen-bond acceptors (Lipinski definition) is 1. The predicted octanol–water partition coefficient (Wildman–Crippen LogP) is 1.95. The molecule has 0 bridgehead atoms. The largest absolute Gasteiger partial charge is 0.353 e. The van der Waals surface area contributed by atoms with Crippen LogP contribution in [0.4, 0.5) is 0 Å². The molecule has 0 saturated heterocycles. The standard InChI is InChI=1S/C10H19NO/c1-7(8-5-6-8)11-9(12)10(2,3)4/h7-8H,5-6H2,1-4H3,(H,11,12)/t7-/m0/s1. The van der Waals surface area contributed by atoms with Gasteiger partial charge >= 0.3 is 0 Å². The molecule has 1 N–H and O–H groups in total. The van der Waals surface area contributed by atoms with Crippen molar-refractivity contribution in [1.82, 2.24) is 5.32 Å². The molecule has 1 saturated carbocycles. The molecule has 1 atom stereocenters. The zero-order valence-corrected chi connectivity index (χ0v) is 8.48. The second-order valence-corrected chi connectivity index (χ2v) is 4.85. The minimum atomic E-state index is -0.247. The highest BCUT2D eigenvalue weighted by Gasteiger charge is 2.31. The van der Waals surface area contributed by atoms with Crippen LogP contribution in [-0.4, -0.2) is 11.9 Å². The molecule has 0 unspecified atom stereocenters. The highest BCUT2D eigenvalue weighted by atomic mass is 16.2. The summed E-state index contributed by atoms with van der Waals surface area (Å²) in [5.74, 6) is 0.915. The number of rotatable bonds is 2. The quantitative estimate of drug-likeness (QED) is 0.672. The molecule has 1 aliphatic carbocycles. The van der Waals surface area contributed by atoms with Crippen molar-refractivity contribution in [3.8, 4) is 0 Å². The topological polar surface area (TPSA) is 29.1 Å². The number of hydrogen-bond donors (Lipinski definition) is 1. The predicted molar refractivity (Wildman–Crippen MR) is 49.8 cm³/mol. The van der Waals surface area contributed by atoms with Gasteiger partial charge in [0, 0.05) is 11.5 Å². The van der Waals surface area contributed by atoms with Gasteiger partial charge in [-0.2, -0.15) is 0 Å². The van der Waals surface area contributed by atoms with Crippen molar-refractivity contribution in [2.45, 2.75) is 46.6 Å². The van der Waals surface area contributed by atoms with Crippen molar-refractivity contribution < 1.29 is 4.79 Å². The van der Waals surface area contributed by atoms with Crippen molar-refractivity contribution in [3.05, 3.63) is 0 Å². The lowest BCUT2D eigenvalue weighted by molar-refractivity contribution is -0.129. The van der Waals surface area contributed by atoms with Gasteiger partial charge in [-0.15, -0.1) is 0 Å². The van der Waals surface area contributed by atoms with Crippen LogP contribution in [0.25, 0.3) is 0 Å². The first kappa shape index (κ1) is 9.56. The Hall–Kier alpha value is -0.530. The molecule has 0 spiro atoms. The fraction of sp³-hybridized carbons (Fsp3) is 0.900. The van der Waals surface area contributed by atoms with E-state index in [2.05, 4.69) is 12.2 Å². The summed E-state index contributed by atoms with van der Waals surface area (Å²) in [6.45, 7) is 7.94. The molecule has 2 nitrogen and oxygen atoms in total. The number of carbonyl (C=O) groups excluding carboxylic acids is 1. The fourth-order valence-corrected chi connectivity index (χ4v) is 1.14. The average molecular weight is 169 g/mol. The maximum absolute atomic E-state index is 11.5. The lowest BCUT2D eigenvalue weighted by Gasteiger charge is -2.21. The van der Waals surface area contributed by atoms with Crippen LogP contribution in [0.1, 0.15) is 40.5 Å². The van der Waals surface area contributed by atoms with Crippen molar-refractivity contribution in [1.29, 1.82) is 0 Å². The van der Waals surface area contributed by atoms with Gasteiger partial charge in [0.25, 0.3) is 0 Å². The summed E-state index contributed by atoms with van der Waals surface area (Å²) < 4.78 is 0. The highest BCUT2D eigenvalue weighted by molar-refractivity contribution is 5.81. The van der Waals surface area contributed by atoms with Crippen molar-refractivity contribution in [3.63, 3.8) is 0 Å². The third kappa shape index (κ3) is 2.50. The molecular weight excluding hydrogens is 150 g/mol. The van der Waals surface area contributed by atoms with Gasteiger partial charge in [0.15, 0.2) is 0 Å². The number of amides is 1. The van der Waals surface area contributed by atoms with E-state index in [1.54, 1.807) is 0 Å². The summed E-state index contributed by atoms with van der Waals surface area (Å²) >= 11 is 0. The third-order valence-corrected chi connectivity index (χ3v) is 2.37. The molecule has 0 aromatic rings. The van der Waals surface area contributed by atoms with Gasteiger partial charge in [0.2, 0.25) is 5.91 Å². The molecule has 12 heavy (non-hydrogen) atoms. The highest BCUT2D eigenvalue weighted by Crippen LogP contribution is 2.32. The molecule has 2 heteroatoms. The number of carbonyl (C=O) groups is 1. The summed E-state index contributed by atoms with van der Waals surface area (Å²) in [5.41, 5.74) is -0.247. The van der Waals surface area contributed by atoms with Crippen molar-refractivity contribution in [2.75, 3.05) is 0 Å². The van der Waals surface area contributed by atoms with Crippen molar-refractivity contribution >= 4 is 5.91 Å². The monoisotopic (exact) mass is 169 g/mol. The first-order valence-electron chi connectivity index (χ1n) is 4.72. The Labute approximate surface area is 74.7 Å². The fourth-order valence-electron chi connectivity index (χ4n) is 1.14. The van der Waals surface area contributed by atoms with E-state index in [9.17, 15) is 4.79 Å². The van der Waals surface area contributed by atoms with Crippen LogP contribution < -0.4 is 5.32 Å². The summed E-state index contributed by atoms with van der Waals surface area (Å²) in [6, 6.07) is 0.372. The van der Waals surface area contributed by atoms with E-state index >= 15 is 0 Å². The molecule has 1 rings (SSSR count). The van der Waals surface area contributed by atoms with Crippen LogP contribution >= 0.6 is 0 Å². The Bertz CT molecular complexity index is 177. The summed E-state index contributed by atoms with van der Waals surface area (Å²) in [7, 11) is 0. The molecule has 1 fully saturated rings.